The predicted octanol–water partition coefficient (Wildman–Crippen LogP) is 1.20. The van der Waals surface area contributed by atoms with Crippen LogP contribution in [0.4, 0.5) is 5.69 Å². The van der Waals surface area contributed by atoms with Crippen LogP contribution >= 0.6 is 11.6 Å². The second-order valence-corrected chi connectivity index (χ2v) is 6.42. The van der Waals surface area contributed by atoms with Crippen molar-refractivity contribution in [3.8, 4) is 0 Å². The number of pyridine rings is 1. The number of hydrogen-bond donors (Lipinski definition) is 2. The molecule has 0 aliphatic carbocycles. The zero-order valence-electron chi connectivity index (χ0n) is 9.76. The van der Waals surface area contributed by atoms with Gasteiger partial charge in [0.25, 0.3) is 0 Å². The molecule has 100 valence electrons. The van der Waals surface area contributed by atoms with Gasteiger partial charge in [-0.15, -0.1) is 0 Å². The van der Waals surface area contributed by atoms with Crippen molar-refractivity contribution in [3.63, 3.8) is 0 Å². The van der Waals surface area contributed by atoms with Crippen LogP contribution in [0.15, 0.2) is 17.3 Å². The lowest BCUT2D eigenvalue weighted by Crippen LogP contribution is -2.36. The van der Waals surface area contributed by atoms with E-state index in [9.17, 15) is 8.42 Å². The minimum Gasteiger partial charge on any atom is -0.321 e. The lowest BCUT2D eigenvalue weighted by atomic mass is 10.2. The molecule has 1 saturated heterocycles. The summed E-state index contributed by atoms with van der Waals surface area (Å²) in [4.78, 5) is 3.85. The Morgan fingerprint density at radius 1 is 1.28 bits per heavy atom. The second kappa shape index (κ2) is 5.40. The van der Waals surface area contributed by atoms with Crippen LogP contribution in [-0.2, 0) is 10.0 Å². The van der Waals surface area contributed by atoms with Crippen molar-refractivity contribution in [3.05, 3.63) is 17.4 Å². The van der Waals surface area contributed by atoms with E-state index in [0.29, 0.717) is 13.1 Å². The maximum atomic E-state index is 12.5. The molecule has 0 spiro atoms. The number of nitrogens with two attached hydrogens (primary N) is 1. The number of nitrogen functional groups attached to an aromatic ring is 1. The lowest BCUT2D eigenvalue weighted by molar-refractivity contribution is 0.346. The monoisotopic (exact) mass is 290 g/mol. The molecule has 0 unspecified atom stereocenters. The fourth-order valence-electron chi connectivity index (χ4n) is 2.00. The molecule has 2 heterocycles. The SMILES string of the molecule is NNc1c(Cl)cncc1S(=O)(=O)N1CCCCC1. The summed E-state index contributed by atoms with van der Waals surface area (Å²) in [5.74, 6) is 5.33. The standard InChI is InChI=1S/C10H15ClN4O2S/c11-8-6-13-7-9(10(8)14-12)18(16,17)15-4-2-1-3-5-15/h6-7H,1-5,12H2,(H,13,14). The van der Waals surface area contributed by atoms with E-state index in [2.05, 4.69) is 10.4 Å². The highest BCUT2D eigenvalue weighted by molar-refractivity contribution is 7.89. The summed E-state index contributed by atoms with van der Waals surface area (Å²) in [6, 6.07) is 0. The first-order valence-electron chi connectivity index (χ1n) is 5.67. The van der Waals surface area contributed by atoms with Gasteiger partial charge in [0.15, 0.2) is 0 Å². The van der Waals surface area contributed by atoms with Crippen molar-refractivity contribution < 1.29 is 8.42 Å². The number of sulfonamides is 1. The van der Waals surface area contributed by atoms with Gasteiger partial charge >= 0.3 is 0 Å². The minimum absolute atomic E-state index is 0.0272. The van der Waals surface area contributed by atoms with E-state index in [-0.39, 0.29) is 15.6 Å². The first kappa shape index (κ1) is 13.5. The molecule has 0 saturated carbocycles. The van der Waals surface area contributed by atoms with E-state index < -0.39 is 10.0 Å². The molecular formula is C10H15ClN4O2S. The normalized spacial score (nSPS) is 17.7. The second-order valence-electron chi connectivity index (χ2n) is 4.10. The summed E-state index contributed by atoms with van der Waals surface area (Å²) < 4.78 is 26.4. The molecule has 1 aromatic heterocycles. The summed E-state index contributed by atoms with van der Waals surface area (Å²) in [5, 5.41) is 0.190. The quantitative estimate of drug-likeness (QED) is 0.645. The number of rotatable bonds is 3. The highest BCUT2D eigenvalue weighted by Crippen LogP contribution is 2.30. The number of aromatic nitrogens is 1. The molecular weight excluding hydrogens is 276 g/mol. The molecule has 1 aromatic rings. The predicted molar refractivity (Wildman–Crippen MR) is 69.7 cm³/mol. The molecule has 0 amide bonds. The smallest absolute Gasteiger partial charge is 0.246 e. The topological polar surface area (TPSA) is 88.3 Å². The van der Waals surface area contributed by atoms with E-state index in [1.807, 2.05) is 0 Å². The third-order valence-corrected chi connectivity index (χ3v) is 5.14. The van der Waals surface area contributed by atoms with Crippen LogP contribution in [0.5, 0.6) is 0 Å². The number of hydrogen-bond acceptors (Lipinski definition) is 5. The molecule has 6 nitrogen and oxygen atoms in total. The molecule has 3 N–H and O–H groups in total. The Hall–Kier alpha value is -0.890. The van der Waals surface area contributed by atoms with Gasteiger partial charge in [-0.05, 0) is 12.8 Å². The van der Waals surface area contributed by atoms with Crippen LogP contribution in [0.1, 0.15) is 19.3 Å². The van der Waals surface area contributed by atoms with Gasteiger partial charge in [0.2, 0.25) is 10.0 Å². The van der Waals surface area contributed by atoms with E-state index in [0.717, 1.165) is 19.3 Å². The van der Waals surface area contributed by atoms with Crippen LogP contribution in [0.25, 0.3) is 0 Å². The van der Waals surface area contributed by atoms with Crippen LogP contribution in [0.2, 0.25) is 5.02 Å². The average molecular weight is 291 g/mol. The fraction of sp³-hybridized carbons (Fsp3) is 0.500. The van der Waals surface area contributed by atoms with Crippen molar-refractivity contribution >= 4 is 27.3 Å². The maximum Gasteiger partial charge on any atom is 0.246 e. The van der Waals surface area contributed by atoms with E-state index >= 15 is 0 Å². The highest BCUT2D eigenvalue weighted by atomic mass is 35.5. The molecule has 18 heavy (non-hydrogen) atoms. The first-order chi connectivity index (χ1) is 8.57. The van der Waals surface area contributed by atoms with Gasteiger partial charge < -0.3 is 5.43 Å². The average Bonchev–Trinajstić information content (AvgIpc) is 2.39. The Balaban J connectivity index is 2.43. The van der Waals surface area contributed by atoms with Crippen molar-refractivity contribution in [1.29, 1.82) is 0 Å². The number of nitrogens with one attached hydrogen (secondary N) is 1. The number of halogens is 1. The number of anilines is 1. The largest absolute Gasteiger partial charge is 0.321 e. The Labute approximate surface area is 111 Å². The van der Waals surface area contributed by atoms with Gasteiger partial charge in [0.1, 0.15) is 4.90 Å². The Morgan fingerprint density at radius 2 is 1.94 bits per heavy atom. The zero-order valence-corrected chi connectivity index (χ0v) is 11.3. The van der Waals surface area contributed by atoms with Crippen molar-refractivity contribution in [2.24, 2.45) is 5.84 Å². The molecule has 8 heteroatoms. The van der Waals surface area contributed by atoms with Gasteiger partial charge in [0, 0.05) is 25.5 Å². The maximum absolute atomic E-state index is 12.5. The minimum atomic E-state index is -3.58. The highest BCUT2D eigenvalue weighted by Gasteiger charge is 2.29. The molecule has 0 bridgehead atoms. The van der Waals surface area contributed by atoms with Crippen molar-refractivity contribution in [2.45, 2.75) is 24.2 Å². The Bertz CT molecular complexity index is 529. The van der Waals surface area contributed by atoms with Gasteiger partial charge in [-0.25, -0.2) is 8.42 Å². The van der Waals surface area contributed by atoms with Crippen molar-refractivity contribution in [1.82, 2.24) is 9.29 Å². The first-order valence-corrected chi connectivity index (χ1v) is 7.49. The third-order valence-electron chi connectivity index (χ3n) is 2.94. The van der Waals surface area contributed by atoms with E-state index in [1.165, 1.54) is 16.7 Å². The van der Waals surface area contributed by atoms with Gasteiger partial charge in [-0.3, -0.25) is 10.8 Å². The molecule has 1 fully saturated rings. The van der Waals surface area contributed by atoms with Gasteiger partial charge in [-0.1, -0.05) is 18.0 Å². The van der Waals surface area contributed by atoms with E-state index in [4.69, 9.17) is 17.4 Å². The number of hydrazine groups is 1. The molecule has 2 rings (SSSR count). The number of nitrogens with zero attached hydrogens (tertiary/aromatic N) is 2. The van der Waals surface area contributed by atoms with Crippen molar-refractivity contribution in [2.75, 3.05) is 18.5 Å². The zero-order chi connectivity index (χ0) is 13.2. The summed E-state index contributed by atoms with van der Waals surface area (Å²) in [6.07, 6.45) is 5.43. The number of piperidine rings is 1. The van der Waals surface area contributed by atoms with Crippen LogP contribution in [-0.4, -0.2) is 30.8 Å². The molecule has 1 aliphatic rings. The van der Waals surface area contributed by atoms with Crippen LogP contribution in [0, 0.1) is 0 Å². The summed E-state index contributed by atoms with van der Waals surface area (Å²) >= 11 is 5.89. The molecule has 0 atom stereocenters. The fourth-order valence-corrected chi connectivity index (χ4v) is 3.90. The molecule has 0 aromatic carbocycles. The van der Waals surface area contributed by atoms with Crippen LogP contribution in [0.3, 0.4) is 0 Å². The Morgan fingerprint density at radius 3 is 2.56 bits per heavy atom. The molecule has 0 radical (unpaired) electrons. The summed E-state index contributed by atoms with van der Waals surface area (Å²) in [7, 11) is -3.58. The summed E-state index contributed by atoms with van der Waals surface area (Å²) in [5.41, 5.74) is 2.52. The van der Waals surface area contributed by atoms with Gasteiger partial charge in [0.05, 0.1) is 10.7 Å². The summed E-state index contributed by atoms with van der Waals surface area (Å²) in [6.45, 7) is 1.05. The molecule has 1 aliphatic heterocycles. The Kier molecular flexibility index (Phi) is 4.06. The lowest BCUT2D eigenvalue weighted by Gasteiger charge is -2.26. The third kappa shape index (κ3) is 2.44. The van der Waals surface area contributed by atoms with Crippen LogP contribution < -0.4 is 11.3 Å². The van der Waals surface area contributed by atoms with E-state index in [1.54, 1.807) is 0 Å². The van der Waals surface area contributed by atoms with Gasteiger partial charge in [-0.2, -0.15) is 4.31 Å².